The van der Waals surface area contributed by atoms with E-state index >= 15 is 0 Å². The van der Waals surface area contributed by atoms with E-state index in [0.717, 1.165) is 0 Å². The quantitative estimate of drug-likeness (QED) is 0.648. The largest absolute Gasteiger partial charge is 0.309 e. The first-order valence-electron chi connectivity index (χ1n) is 3.83. The maximum absolute atomic E-state index is 12.9. The fourth-order valence-corrected chi connectivity index (χ4v) is 0.838. The van der Waals surface area contributed by atoms with Gasteiger partial charge in [-0.2, -0.15) is 0 Å². The van der Waals surface area contributed by atoms with Gasteiger partial charge in [0, 0.05) is 0 Å². The molecule has 13 heavy (non-hydrogen) atoms. The molecule has 0 aliphatic rings. The van der Waals surface area contributed by atoms with E-state index in [2.05, 4.69) is 17.2 Å². The van der Waals surface area contributed by atoms with Crippen LogP contribution in [0.4, 0.5) is 8.78 Å². The SMILES string of the molecule is CNCC#Cc1c(F)cccc1F. The predicted octanol–water partition coefficient (Wildman–Crippen LogP) is 1.54. The summed E-state index contributed by atoms with van der Waals surface area (Å²) in [6, 6.07) is 3.69. The van der Waals surface area contributed by atoms with Crippen LogP contribution in [0.3, 0.4) is 0 Å². The van der Waals surface area contributed by atoms with Crippen molar-refractivity contribution in [2.24, 2.45) is 0 Å². The molecule has 0 aromatic heterocycles. The molecule has 0 saturated carbocycles. The van der Waals surface area contributed by atoms with Crippen LogP contribution >= 0.6 is 0 Å². The molecular weight excluding hydrogens is 172 g/mol. The van der Waals surface area contributed by atoms with Crippen LogP contribution in [0.5, 0.6) is 0 Å². The Morgan fingerprint density at radius 2 is 1.92 bits per heavy atom. The Balaban J connectivity index is 2.95. The monoisotopic (exact) mass is 181 g/mol. The maximum atomic E-state index is 12.9. The van der Waals surface area contributed by atoms with Crippen molar-refractivity contribution < 1.29 is 8.78 Å². The highest BCUT2D eigenvalue weighted by molar-refractivity contribution is 5.36. The van der Waals surface area contributed by atoms with Crippen molar-refractivity contribution in [3.63, 3.8) is 0 Å². The minimum absolute atomic E-state index is 0.169. The Morgan fingerprint density at radius 1 is 1.31 bits per heavy atom. The van der Waals surface area contributed by atoms with E-state index in [0.29, 0.717) is 6.54 Å². The molecule has 1 aromatic rings. The lowest BCUT2D eigenvalue weighted by Gasteiger charge is -1.94. The topological polar surface area (TPSA) is 12.0 Å². The minimum Gasteiger partial charge on any atom is -0.309 e. The van der Waals surface area contributed by atoms with Crippen molar-refractivity contribution in [2.45, 2.75) is 0 Å². The summed E-state index contributed by atoms with van der Waals surface area (Å²) in [7, 11) is 1.71. The molecule has 1 rings (SSSR count). The third kappa shape index (κ3) is 2.53. The fourth-order valence-electron chi connectivity index (χ4n) is 0.838. The number of halogens is 2. The summed E-state index contributed by atoms with van der Waals surface area (Å²) in [6.07, 6.45) is 0. The molecule has 0 aliphatic carbocycles. The Morgan fingerprint density at radius 3 is 2.46 bits per heavy atom. The lowest BCUT2D eigenvalue weighted by Crippen LogP contribution is -2.04. The van der Waals surface area contributed by atoms with Gasteiger partial charge >= 0.3 is 0 Å². The van der Waals surface area contributed by atoms with Crippen LogP contribution in [0.2, 0.25) is 0 Å². The zero-order valence-electron chi connectivity index (χ0n) is 7.20. The minimum atomic E-state index is -0.622. The summed E-state index contributed by atoms with van der Waals surface area (Å²) in [5.41, 5.74) is -0.169. The summed E-state index contributed by atoms with van der Waals surface area (Å²) in [4.78, 5) is 0. The second-order valence-electron chi connectivity index (χ2n) is 2.43. The van der Waals surface area contributed by atoms with E-state index in [1.54, 1.807) is 7.05 Å². The number of hydrogen-bond donors (Lipinski definition) is 1. The van der Waals surface area contributed by atoms with Gasteiger partial charge in [-0.3, -0.25) is 0 Å². The highest BCUT2D eigenvalue weighted by Crippen LogP contribution is 2.09. The van der Waals surface area contributed by atoms with Crippen LogP contribution in [-0.2, 0) is 0 Å². The molecule has 0 amide bonds. The van der Waals surface area contributed by atoms with Crippen molar-refractivity contribution in [3.8, 4) is 11.8 Å². The van der Waals surface area contributed by atoms with Crippen molar-refractivity contribution in [1.82, 2.24) is 5.32 Å². The van der Waals surface area contributed by atoms with E-state index in [-0.39, 0.29) is 5.56 Å². The molecule has 0 heterocycles. The van der Waals surface area contributed by atoms with Crippen LogP contribution in [0, 0.1) is 23.5 Å². The standard InChI is InChI=1S/C10H9F2N/c1-13-7-3-4-8-9(11)5-2-6-10(8)12/h2,5-6,13H,7H2,1H3. The summed E-state index contributed by atoms with van der Waals surface area (Å²) in [5, 5.41) is 2.76. The summed E-state index contributed by atoms with van der Waals surface area (Å²) in [5.74, 6) is 3.77. The molecule has 68 valence electrons. The molecule has 0 saturated heterocycles. The number of nitrogens with one attached hydrogen (secondary N) is 1. The van der Waals surface area contributed by atoms with Crippen LogP contribution < -0.4 is 5.32 Å². The Hall–Kier alpha value is -1.40. The Kier molecular flexibility index (Phi) is 3.41. The van der Waals surface area contributed by atoms with Gasteiger partial charge in [-0.05, 0) is 19.2 Å². The molecule has 0 radical (unpaired) electrons. The van der Waals surface area contributed by atoms with Crippen molar-refractivity contribution in [3.05, 3.63) is 35.4 Å². The number of benzene rings is 1. The third-order valence-electron chi connectivity index (χ3n) is 1.44. The van der Waals surface area contributed by atoms with Gasteiger partial charge in [0.2, 0.25) is 0 Å². The van der Waals surface area contributed by atoms with E-state index in [1.807, 2.05) is 0 Å². The zero-order chi connectivity index (χ0) is 9.68. The van der Waals surface area contributed by atoms with Crippen LogP contribution in [-0.4, -0.2) is 13.6 Å². The van der Waals surface area contributed by atoms with Gasteiger partial charge in [0.25, 0.3) is 0 Å². The van der Waals surface area contributed by atoms with Gasteiger partial charge in [-0.1, -0.05) is 17.9 Å². The summed E-state index contributed by atoms with van der Waals surface area (Å²) in [6.45, 7) is 0.410. The molecule has 3 heteroatoms. The molecule has 0 bridgehead atoms. The second kappa shape index (κ2) is 4.58. The molecule has 0 unspecified atom stereocenters. The average molecular weight is 181 g/mol. The van der Waals surface area contributed by atoms with Gasteiger partial charge < -0.3 is 5.32 Å². The Labute approximate surface area is 75.8 Å². The predicted molar refractivity (Wildman–Crippen MR) is 47.2 cm³/mol. The lowest BCUT2D eigenvalue weighted by molar-refractivity contribution is 0.577. The van der Waals surface area contributed by atoms with Crippen LogP contribution in [0.15, 0.2) is 18.2 Å². The molecule has 1 nitrogen and oxygen atoms in total. The number of rotatable bonds is 1. The van der Waals surface area contributed by atoms with Gasteiger partial charge in [0.15, 0.2) is 0 Å². The van der Waals surface area contributed by atoms with Crippen molar-refractivity contribution >= 4 is 0 Å². The summed E-state index contributed by atoms with van der Waals surface area (Å²) < 4.78 is 25.8. The average Bonchev–Trinajstić information content (AvgIpc) is 2.10. The van der Waals surface area contributed by atoms with E-state index in [9.17, 15) is 8.78 Å². The van der Waals surface area contributed by atoms with Crippen LogP contribution in [0.1, 0.15) is 5.56 Å². The van der Waals surface area contributed by atoms with Crippen molar-refractivity contribution in [2.75, 3.05) is 13.6 Å². The van der Waals surface area contributed by atoms with E-state index < -0.39 is 11.6 Å². The van der Waals surface area contributed by atoms with Gasteiger partial charge in [-0.25, -0.2) is 8.78 Å². The first kappa shape index (κ1) is 9.69. The maximum Gasteiger partial charge on any atom is 0.141 e. The van der Waals surface area contributed by atoms with Crippen molar-refractivity contribution in [1.29, 1.82) is 0 Å². The van der Waals surface area contributed by atoms with Gasteiger partial charge in [-0.15, -0.1) is 0 Å². The third-order valence-corrected chi connectivity index (χ3v) is 1.44. The molecule has 0 atom stereocenters. The zero-order valence-corrected chi connectivity index (χ0v) is 7.20. The molecule has 1 aromatic carbocycles. The lowest BCUT2D eigenvalue weighted by atomic mass is 10.2. The fraction of sp³-hybridized carbons (Fsp3) is 0.200. The highest BCUT2D eigenvalue weighted by Gasteiger charge is 2.03. The van der Waals surface area contributed by atoms with Gasteiger partial charge in [0.05, 0.1) is 12.1 Å². The second-order valence-corrected chi connectivity index (χ2v) is 2.43. The smallest absolute Gasteiger partial charge is 0.141 e. The molecule has 0 aliphatic heterocycles. The van der Waals surface area contributed by atoms with Crippen LogP contribution in [0.25, 0.3) is 0 Å². The molecule has 1 N–H and O–H groups in total. The Bertz CT molecular complexity index is 329. The normalized spacial score (nSPS) is 9.15. The molecular formula is C10H9F2N. The van der Waals surface area contributed by atoms with E-state index in [1.165, 1.54) is 18.2 Å². The first-order chi connectivity index (χ1) is 6.25. The summed E-state index contributed by atoms with van der Waals surface area (Å²) >= 11 is 0. The van der Waals surface area contributed by atoms with E-state index in [4.69, 9.17) is 0 Å². The van der Waals surface area contributed by atoms with Gasteiger partial charge in [0.1, 0.15) is 11.6 Å². The highest BCUT2D eigenvalue weighted by atomic mass is 19.1. The molecule has 0 spiro atoms. The number of hydrogen-bond acceptors (Lipinski definition) is 1. The molecule has 0 fully saturated rings. The first-order valence-corrected chi connectivity index (χ1v) is 3.83.